The maximum Gasteiger partial charge on any atom is 0.136 e. The third-order valence-electron chi connectivity index (χ3n) is 1.37. The van der Waals surface area contributed by atoms with Crippen LogP contribution in [0.15, 0.2) is 16.8 Å². The number of nitrogens with zero attached hydrogens (tertiary/aromatic N) is 1. The summed E-state index contributed by atoms with van der Waals surface area (Å²) in [5, 5.41) is 3.59. The predicted octanol–water partition coefficient (Wildman–Crippen LogP) is 0.956. The standard InChI is InChI=1S/C7H12N2O/c8-5-2-1-3-7-4-6-9-10-7/h4,6H,1-3,5,8H2. The van der Waals surface area contributed by atoms with Crippen LogP contribution in [0.1, 0.15) is 18.6 Å². The minimum absolute atomic E-state index is 0.758. The molecule has 0 aliphatic rings. The molecule has 0 aliphatic heterocycles. The van der Waals surface area contributed by atoms with Gasteiger partial charge in [-0.2, -0.15) is 0 Å². The molecular weight excluding hydrogens is 128 g/mol. The molecular formula is C7H12N2O. The van der Waals surface area contributed by atoms with Gasteiger partial charge in [-0.1, -0.05) is 5.16 Å². The van der Waals surface area contributed by atoms with Crippen LogP contribution >= 0.6 is 0 Å². The molecule has 0 radical (unpaired) electrons. The van der Waals surface area contributed by atoms with E-state index in [9.17, 15) is 0 Å². The Morgan fingerprint density at radius 1 is 1.50 bits per heavy atom. The number of hydrogen-bond acceptors (Lipinski definition) is 3. The molecule has 2 N–H and O–H groups in total. The van der Waals surface area contributed by atoms with Gasteiger partial charge in [0.05, 0.1) is 6.20 Å². The smallest absolute Gasteiger partial charge is 0.136 e. The van der Waals surface area contributed by atoms with Gasteiger partial charge in [-0.05, 0) is 19.4 Å². The summed E-state index contributed by atoms with van der Waals surface area (Å²) >= 11 is 0. The van der Waals surface area contributed by atoms with Crippen molar-refractivity contribution in [3.8, 4) is 0 Å². The van der Waals surface area contributed by atoms with Crippen LogP contribution < -0.4 is 5.73 Å². The van der Waals surface area contributed by atoms with Crippen LogP contribution in [0.4, 0.5) is 0 Å². The van der Waals surface area contributed by atoms with Crippen molar-refractivity contribution in [2.45, 2.75) is 19.3 Å². The number of nitrogens with two attached hydrogens (primary N) is 1. The number of unbranched alkanes of at least 4 members (excludes halogenated alkanes) is 1. The summed E-state index contributed by atoms with van der Waals surface area (Å²) in [6.45, 7) is 0.758. The molecule has 1 aromatic rings. The molecule has 0 unspecified atom stereocenters. The lowest BCUT2D eigenvalue weighted by Crippen LogP contribution is -1.98. The second kappa shape index (κ2) is 4.06. The topological polar surface area (TPSA) is 52.0 Å². The average Bonchev–Trinajstić information content (AvgIpc) is 2.41. The largest absolute Gasteiger partial charge is 0.361 e. The van der Waals surface area contributed by atoms with Crippen LogP contribution in [0.5, 0.6) is 0 Å². The van der Waals surface area contributed by atoms with Crippen molar-refractivity contribution >= 4 is 0 Å². The highest BCUT2D eigenvalue weighted by Crippen LogP contribution is 2.01. The Balaban J connectivity index is 2.15. The Labute approximate surface area is 60.2 Å². The molecule has 10 heavy (non-hydrogen) atoms. The van der Waals surface area contributed by atoms with Crippen LogP contribution in [-0.4, -0.2) is 11.7 Å². The fourth-order valence-electron chi connectivity index (χ4n) is 0.815. The molecule has 0 saturated carbocycles. The van der Waals surface area contributed by atoms with Crippen molar-refractivity contribution in [2.24, 2.45) is 5.73 Å². The van der Waals surface area contributed by atoms with Crippen molar-refractivity contribution in [2.75, 3.05) is 6.54 Å². The molecule has 0 amide bonds. The fraction of sp³-hybridized carbons (Fsp3) is 0.571. The molecule has 0 aromatic carbocycles. The maximum atomic E-state index is 5.32. The van der Waals surface area contributed by atoms with E-state index in [-0.39, 0.29) is 0 Å². The van der Waals surface area contributed by atoms with Crippen molar-refractivity contribution < 1.29 is 4.52 Å². The lowest BCUT2D eigenvalue weighted by molar-refractivity contribution is 0.379. The van der Waals surface area contributed by atoms with Gasteiger partial charge in [0.2, 0.25) is 0 Å². The molecule has 3 heteroatoms. The highest BCUT2D eigenvalue weighted by molar-refractivity contribution is 4.92. The zero-order valence-corrected chi connectivity index (χ0v) is 5.92. The van der Waals surface area contributed by atoms with E-state index in [0.717, 1.165) is 31.6 Å². The number of hydrogen-bond donors (Lipinski definition) is 1. The van der Waals surface area contributed by atoms with Crippen LogP contribution in [0.2, 0.25) is 0 Å². The minimum Gasteiger partial charge on any atom is -0.361 e. The van der Waals surface area contributed by atoms with Crippen molar-refractivity contribution in [3.63, 3.8) is 0 Å². The van der Waals surface area contributed by atoms with Gasteiger partial charge in [0, 0.05) is 12.5 Å². The van der Waals surface area contributed by atoms with Crippen molar-refractivity contribution in [3.05, 3.63) is 18.0 Å². The van der Waals surface area contributed by atoms with E-state index in [1.54, 1.807) is 6.20 Å². The monoisotopic (exact) mass is 140 g/mol. The number of rotatable bonds is 4. The van der Waals surface area contributed by atoms with E-state index in [1.807, 2.05) is 6.07 Å². The Bertz CT molecular complexity index is 160. The molecule has 3 nitrogen and oxygen atoms in total. The van der Waals surface area contributed by atoms with Crippen LogP contribution in [0, 0.1) is 0 Å². The quantitative estimate of drug-likeness (QED) is 0.633. The second-order valence-electron chi connectivity index (χ2n) is 2.22. The third-order valence-corrected chi connectivity index (χ3v) is 1.37. The highest BCUT2D eigenvalue weighted by Gasteiger charge is 1.94. The van der Waals surface area contributed by atoms with Crippen LogP contribution in [0.25, 0.3) is 0 Å². The van der Waals surface area contributed by atoms with Gasteiger partial charge in [-0.3, -0.25) is 0 Å². The summed E-state index contributed by atoms with van der Waals surface area (Å²) in [5.74, 6) is 0.952. The Morgan fingerprint density at radius 2 is 2.40 bits per heavy atom. The molecule has 1 rings (SSSR count). The van der Waals surface area contributed by atoms with Gasteiger partial charge in [0.25, 0.3) is 0 Å². The number of aryl methyl sites for hydroxylation is 1. The summed E-state index contributed by atoms with van der Waals surface area (Å²) in [6.07, 6.45) is 4.77. The first-order chi connectivity index (χ1) is 4.93. The summed E-state index contributed by atoms with van der Waals surface area (Å²) in [4.78, 5) is 0. The molecule has 0 bridgehead atoms. The van der Waals surface area contributed by atoms with E-state index in [4.69, 9.17) is 10.3 Å². The molecule has 0 atom stereocenters. The highest BCUT2D eigenvalue weighted by atomic mass is 16.5. The molecule has 0 aliphatic carbocycles. The van der Waals surface area contributed by atoms with Gasteiger partial charge in [-0.15, -0.1) is 0 Å². The number of aromatic nitrogens is 1. The van der Waals surface area contributed by atoms with Crippen LogP contribution in [-0.2, 0) is 6.42 Å². The lowest BCUT2D eigenvalue weighted by atomic mass is 10.2. The molecule has 0 saturated heterocycles. The first-order valence-electron chi connectivity index (χ1n) is 3.53. The van der Waals surface area contributed by atoms with Crippen molar-refractivity contribution in [1.82, 2.24) is 5.16 Å². The van der Waals surface area contributed by atoms with Crippen LogP contribution in [0.3, 0.4) is 0 Å². The second-order valence-corrected chi connectivity index (χ2v) is 2.22. The molecule has 56 valence electrons. The normalized spacial score (nSPS) is 10.1. The Hall–Kier alpha value is -0.830. The van der Waals surface area contributed by atoms with E-state index < -0.39 is 0 Å². The van der Waals surface area contributed by atoms with E-state index >= 15 is 0 Å². The first kappa shape index (κ1) is 7.28. The summed E-state index contributed by atoms with van der Waals surface area (Å²) < 4.78 is 4.89. The Morgan fingerprint density at radius 3 is 3.00 bits per heavy atom. The van der Waals surface area contributed by atoms with Gasteiger partial charge < -0.3 is 10.3 Å². The Kier molecular flexibility index (Phi) is 2.96. The van der Waals surface area contributed by atoms with Gasteiger partial charge in [-0.25, -0.2) is 0 Å². The lowest BCUT2D eigenvalue weighted by Gasteiger charge is -1.92. The van der Waals surface area contributed by atoms with E-state index in [2.05, 4.69) is 5.16 Å². The molecule has 0 spiro atoms. The van der Waals surface area contributed by atoms with Gasteiger partial charge in [0.1, 0.15) is 5.76 Å². The average molecular weight is 140 g/mol. The van der Waals surface area contributed by atoms with Gasteiger partial charge in [0.15, 0.2) is 0 Å². The summed E-state index contributed by atoms with van der Waals surface area (Å²) in [7, 11) is 0. The summed E-state index contributed by atoms with van der Waals surface area (Å²) in [6, 6.07) is 1.89. The molecule has 1 aromatic heterocycles. The van der Waals surface area contributed by atoms with E-state index in [1.165, 1.54) is 0 Å². The third kappa shape index (κ3) is 2.19. The predicted molar refractivity (Wildman–Crippen MR) is 38.5 cm³/mol. The molecule has 0 fully saturated rings. The fourth-order valence-corrected chi connectivity index (χ4v) is 0.815. The minimum atomic E-state index is 0.758. The van der Waals surface area contributed by atoms with E-state index in [0.29, 0.717) is 0 Å². The first-order valence-corrected chi connectivity index (χ1v) is 3.53. The molecule has 1 heterocycles. The maximum absolute atomic E-state index is 5.32. The van der Waals surface area contributed by atoms with Crippen molar-refractivity contribution in [1.29, 1.82) is 0 Å². The summed E-state index contributed by atoms with van der Waals surface area (Å²) in [5.41, 5.74) is 5.32. The zero-order chi connectivity index (χ0) is 7.23. The zero-order valence-electron chi connectivity index (χ0n) is 5.92. The van der Waals surface area contributed by atoms with Gasteiger partial charge >= 0.3 is 0 Å². The SMILES string of the molecule is NCCCCc1ccno1.